The highest BCUT2D eigenvalue weighted by Gasteiger charge is 2.31. The minimum Gasteiger partial charge on any atom is -0.480 e. The summed E-state index contributed by atoms with van der Waals surface area (Å²) in [4.78, 5) is 72.8. The van der Waals surface area contributed by atoms with Crippen LogP contribution in [0.2, 0.25) is 0 Å². The first-order valence-electron chi connectivity index (χ1n) is 16.8. The van der Waals surface area contributed by atoms with Crippen molar-refractivity contribution in [3.05, 3.63) is 108 Å². The lowest BCUT2D eigenvalue weighted by Gasteiger charge is -2.26. The van der Waals surface area contributed by atoms with Crippen LogP contribution in [0.15, 0.2) is 96.1 Å². The minimum absolute atomic E-state index is 0.0157. The first kappa shape index (κ1) is 38.6. The van der Waals surface area contributed by atoms with Crippen molar-refractivity contribution in [2.75, 3.05) is 13.1 Å². The van der Waals surface area contributed by atoms with Crippen LogP contribution in [0, 0.1) is 0 Å². The fraction of sp³-hybridized carbons (Fsp3) is 0.297. The average molecular weight is 712 g/mol. The second-order valence-corrected chi connectivity index (χ2v) is 12.3. The van der Waals surface area contributed by atoms with Crippen molar-refractivity contribution in [1.29, 1.82) is 0 Å². The third-order valence-corrected chi connectivity index (χ3v) is 8.27. The van der Waals surface area contributed by atoms with E-state index in [1.165, 1.54) is 0 Å². The van der Waals surface area contributed by atoms with Crippen LogP contribution in [-0.4, -0.2) is 82.9 Å². The monoisotopic (exact) mass is 711 g/mol. The molecule has 4 amide bonds. The fourth-order valence-corrected chi connectivity index (χ4v) is 5.63. The number of benzene rings is 3. The number of nitrogens with zero attached hydrogens (tertiary/aromatic N) is 1. The van der Waals surface area contributed by atoms with Gasteiger partial charge in [-0.15, -0.1) is 0 Å². The Morgan fingerprint density at radius 1 is 0.692 bits per heavy atom. The lowest BCUT2D eigenvalue weighted by Crippen LogP contribution is -2.58. The van der Waals surface area contributed by atoms with Gasteiger partial charge < -0.3 is 48.6 Å². The number of aromatic amines is 1. The van der Waals surface area contributed by atoms with Crippen LogP contribution in [0.25, 0.3) is 10.9 Å². The van der Waals surface area contributed by atoms with Crippen LogP contribution >= 0.6 is 0 Å². The Morgan fingerprint density at radius 3 is 1.90 bits per heavy atom. The molecule has 15 heteroatoms. The van der Waals surface area contributed by atoms with E-state index in [2.05, 4.69) is 31.2 Å². The normalized spacial score (nSPS) is 13.2. The number of guanidine groups is 1. The van der Waals surface area contributed by atoms with Crippen LogP contribution < -0.4 is 38.5 Å². The molecule has 0 saturated carbocycles. The number of nitrogens with one attached hydrogen (secondary N) is 5. The van der Waals surface area contributed by atoms with Gasteiger partial charge in [0.25, 0.3) is 0 Å². The fourth-order valence-electron chi connectivity index (χ4n) is 5.63. The smallest absolute Gasteiger partial charge is 0.322 e. The van der Waals surface area contributed by atoms with Crippen LogP contribution in [0.5, 0.6) is 0 Å². The molecule has 4 rings (SSSR count). The molecule has 4 aromatic rings. The van der Waals surface area contributed by atoms with E-state index in [1.54, 1.807) is 30.5 Å². The van der Waals surface area contributed by atoms with Gasteiger partial charge >= 0.3 is 5.97 Å². The van der Waals surface area contributed by atoms with E-state index < -0.39 is 60.3 Å². The molecule has 3 aromatic carbocycles. The number of para-hydroxylation sites is 1. The zero-order valence-electron chi connectivity index (χ0n) is 28.6. The molecule has 4 atom stereocenters. The summed E-state index contributed by atoms with van der Waals surface area (Å²) in [5, 5.41) is 20.5. The number of carbonyl (C=O) groups is 5. The number of aromatic nitrogens is 1. The Hall–Kier alpha value is -6.22. The highest BCUT2D eigenvalue weighted by Crippen LogP contribution is 2.19. The predicted molar refractivity (Wildman–Crippen MR) is 197 cm³/mol. The van der Waals surface area contributed by atoms with Gasteiger partial charge in [-0.2, -0.15) is 0 Å². The summed E-state index contributed by atoms with van der Waals surface area (Å²) >= 11 is 0. The number of amides is 4. The van der Waals surface area contributed by atoms with E-state index in [1.807, 2.05) is 60.7 Å². The van der Waals surface area contributed by atoms with Crippen molar-refractivity contribution in [3.8, 4) is 0 Å². The molecule has 274 valence electrons. The van der Waals surface area contributed by atoms with Gasteiger partial charge in [-0.1, -0.05) is 78.9 Å². The number of fused-ring (bicyclic) bond motifs is 1. The number of hydrogen-bond donors (Lipinski definition) is 9. The summed E-state index contributed by atoms with van der Waals surface area (Å²) in [5.41, 5.74) is 20.3. The molecule has 15 nitrogen and oxygen atoms in total. The molecule has 0 radical (unpaired) electrons. The second-order valence-electron chi connectivity index (χ2n) is 12.3. The molecule has 0 unspecified atom stereocenters. The van der Waals surface area contributed by atoms with Gasteiger partial charge in [0.05, 0.1) is 6.04 Å². The zero-order valence-corrected chi connectivity index (χ0v) is 28.6. The quantitative estimate of drug-likeness (QED) is 0.0366. The lowest BCUT2D eigenvalue weighted by molar-refractivity contribution is -0.138. The number of hydrogen-bond acceptors (Lipinski definition) is 7. The van der Waals surface area contributed by atoms with Crippen molar-refractivity contribution in [2.45, 2.75) is 56.3 Å². The number of aliphatic carboxylic acids is 1. The second kappa shape index (κ2) is 19.2. The van der Waals surface area contributed by atoms with Gasteiger partial charge in [0, 0.05) is 36.5 Å². The molecule has 0 saturated heterocycles. The van der Waals surface area contributed by atoms with Gasteiger partial charge in [-0.3, -0.25) is 29.0 Å². The third-order valence-electron chi connectivity index (χ3n) is 8.27. The zero-order chi connectivity index (χ0) is 37.5. The van der Waals surface area contributed by atoms with Gasteiger partial charge in [0.1, 0.15) is 24.7 Å². The highest BCUT2D eigenvalue weighted by atomic mass is 16.4. The summed E-state index contributed by atoms with van der Waals surface area (Å²) in [6, 6.07) is 21.2. The largest absolute Gasteiger partial charge is 0.480 e. The van der Waals surface area contributed by atoms with Crippen molar-refractivity contribution in [2.24, 2.45) is 22.2 Å². The van der Waals surface area contributed by atoms with E-state index in [4.69, 9.17) is 17.2 Å². The molecular weight excluding hydrogens is 666 g/mol. The minimum atomic E-state index is -1.26. The number of rotatable bonds is 19. The van der Waals surface area contributed by atoms with E-state index in [0.29, 0.717) is 5.56 Å². The van der Waals surface area contributed by atoms with Crippen LogP contribution in [0.3, 0.4) is 0 Å². The molecule has 1 aromatic heterocycles. The summed E-state index contributed by atoms with van der Waals surface area (Å²) in [7, 11) is 0. The molecule has 1 heterocycles. The summed E-state index contributed by atoms with van der Waals surface area (Å²) in [6.45, 7) is -0.511. The summed E-state index contributed by atoms with van der Waals surface area (Å²) in [6.07, 6.45) is 2.39. The molecule has 0 aliphatic rings. The van der Waals surface area contributed by atoms with E-state index in [0.717, 1.165) is 22.0 Å². The molecule has 0 fully saturated rings. The number of nitrogens with two attached hydrogens (primary N) is 3. The molecule has 12 N–H and O–H groups in total. The number of carbonyl (C=O) groups excluding carboxylic acids is 4. The Balaban J connectivity index is 1.56. The number of carboxylic acids is 1. The van der Waals surface area contributed by atoms with Gasteiger partial charge in [-0.05, 0) is 42.0 Å². The Labute approximate surface area is 300 Å². The first-order chi connectivity index (χ1) is 25.0. The standard InChI is InChI=1S/C37H45N9O6/c38-27(18-23-10-3-1-4-11-23)33(49)45-30(19-24-12-5-2-6-13-24)36(52)44-29(16-9-17-41-37(39)40)35(51)46-31(34(50)43-22-32(47)48)20-25-21-42-28-15-8-7-14-26(25)28/h1-8,10-15,21,27,29-31,42H,9,16-20,22,38H2,(H,43,50)(H,44,52)(H,45,49)(H,46,51)(H,47,48)(H4,39,40,41)/t27-,29-,30+,31-/m0/s1. The maximum atomic E-state index is 14.0. The predicted octanol–water partition coefficient (Wildman–Crippen LogP) is 0.232. The van der Waals surface area contributed by atoms with Crippen molar-refractivity contribution in [1.82, 2.24) is 26.3 Å². The average Bonchev–Trinajstić information content (AvgIpc) is 3.54. The van der Waals surface area contributed by atoms with Gasteiger partial charge in [-0.25, -0.2) is 0 Å². The van der Waals surface area contributed by atoms with Gasteiger partial charge in [0.15, 0.2) is 5.96 Å². The molecule has 0 aliphatic heterocycles. The topological polar surface area (TPSA) is 260 Å². The number of aliphatic imine (C=N–C) groups is 1. The van der Waals surface area contributed by atoms with E-state index >= 15 is 0 Å². The van der Waals surface area contributed by atoms with Crippen LogP contribution in [-0.2, 0) is 43.2 Å². The summed E-state index contributed by atoms with van der Waals surface area (Å²) in [5.74, 6) is -4.05. The molecular formula is C37H45N9O6. The Kier molecular flexibility index (Phi) is 14.3. The maximum absolute atomic E-state index is 14.0. The van der Waals surface area contributed by atoms with Crippen LogP contribution in [0.1, 0.15) is 29.5 Å². The van der Waals surface area contributed by atoms with Crippen LogP contribution in [0.4, 0.5) is 0 Å². The van der Waals surface area contributed by atoms with Crippen molar-refractivity contribution in [3.63, 3.8) is 0 Å². The molecule has 0 aliphatic carbocycles. The number of H-pyrrole nitrogens is 1. The molecule has 0 bridgehead atoms. The molecule has 52 heavy (non-hydrogen) atoms. The third kappa shape index (κ3) is 12.0. The van der Waals surface area contributed by atoms with Crippen molar-refractivity contribution < 1.29 is 29.1 Å². The Morgan fingerprint density at radius 2 is 1.25 bits per heavy atom. The molecule has 0 spiro atoms. The lowest BCUT2D eigenvalue weighted by atomic mass is 10.0. The maximum Gasteiger partial charge on any atom is 0.322 e. The van der Waals surface area contributed by atoms with Gasteiger partial charge in [0.2, 0.25) is 23.6 Å². The number of carboxylic acid groups (broad SMARTS) is 1. The SMILES string of the molecule is NC(N)=NCCC[C@H](NC(=O)[C@@H](Cc1ccccc1)NC(=O)[C@@H](N)Cc1ccccc1)C(=O)N[C@@H](Cc1c[nH]c2ccccc12)C(=O)NCC(=O)O. The van der Waals surface area contributed by atoms with E-state index in [9.17, 15) is 29.1 Å². The van der Waals surface area contributed by atoms with Crippen molar-refractivity contribution >= 4 is 46.5 Å². The Bertz CT molecular complexity index is 1840. The summed E-state index contributed by atoms with van der Waals surface area (Å²) < 4.78 is 0. The first-order valence-corrected chi connectivity index (χ1v) is 16.8. The highest BCUT2D eigenvalue weighted by molar-refractivity contribution is 5.96. The van der Waals surface area contributed by atoms with E-state index in [-0.39, 0.29) is 44.6 Å².